The van der Waals surface area contributed by atoms with Crippen molar-refractivity contribution in [3.05, 3.63) is 65.7 Å². The third kappa shape index (κ3) is 6.57. The van der Waals surface area contributed by atoms with Crippen LogP contribution in [0, 0.1) is 5.92 Å². The molecule has 1 aliphatic rings. The van der Waals surface area contributed by atoms with Gasteiger partial charge in [0.05, 0.1) is 13.5 Å². The summed E-state index contributed by atoms with van der Waals surface area (Å²) in [4.78, 5) is 38.3. The van der Waals surface area contributed by atoms with Crippen LogP contribution in [0.15, 0.2) is 54.6 Å². The third-order valence-corrected chi connectivity index (χ3v) is 5.46. The average Bonchev–Trinajstić information content (AvgIpc) is 2.82. The van der Waals surface area contributed by atoms with Crippen molar-refractivity contribution < 1.29 is 23.9 Å². The third-order valence-electron chi connectivity index (χ3n) is 5.46. The van der Waals surface area contributed by atoms with Crippen LogP contribution in [0.3, 0.4) is 0 Å². The molecule has 164 valence electrons. The number of para-hydroxylation sites is 1. The summed E-state index contributed by atoms with van der Waals surface area (Å²) in [7, 11) is 1.36. The van der Waals surface area contributed by atoms with Crippen LogP contribution in [0.25, 0.3) is 0 Å². The highest BCUT2D eigenvalue weighted by atomic mass is 16.5. The van der Waals surface area contributed by atoms with Crippen molar-refractivity contribution in [1.29, 1.82) is 0 Å². The van der Waals surface area contributed by atoms with Crippen molar-refractivity contribution in [2.24, 2.45) is 5.92 Å². The molecule has 0 aromatic heterocycles. The van der Waals surface area contributed by atoms with Gasteiger partial charge in [0.25, 0.3) is 5.91 Å². The van der Waals surface area contributed by atoms with Crippen LogP contribution in [0.5, 0.6) is 5.75 Å². The standard InChI is InChI=1S/C24H28N2O5/c1-30-23(28)15-19-7-5-6-8-20(19)16-25-24(29)18-11-13-26(14-12-18)22(27)17-31-21-9-3-2-4-10-21/h2-10,18H,11-17H2,1H3,(H,25,29). The number of carbonyl (C=O) groups is 3. The SMILES string of the molecule is COC(=O)Cc1ccccc1CNC(=O)C1CCN(C(=O)COc2ccccc2)CC1. The number of hydrogen-bond donors (Lipinski definition) is 1. The molecular formula is C24H28N2O5. The first-order chi connectivity index (χ1) is 15.1. The summed E-state index contributed by atoms with van der Waals surface area (Å²) in [5, 5.41) is 2.97. The fourth-order valence-corrected chi connectivity index (χ4v) is 3.60. The van der Waals surface area contributed by atoms with Gasteiger partial charge >= 0.3 is 5.97 Å². The van der Waals surface area contributed by atoms with Crippen LogP contribution in [0.2, 0.25) is 0 Å². The largest absolute Gasteiger partial charge is 0.484 e. The van der Waals surface area contributed by atoms with Crippen LogP contribution >= 0.6 is 0 Å². The number of benzene rings is 2. The molecule has 2 aromatic rings. The topological polar surface area (TPSA) is 84.9 Å². The van der Waals surface area contributed by atoms with E-state index in [9.17, 15) is 14.4 Å². The number of nitrogens with one attached hydrogen (secondary N) is 1. The van der Waals surface area contributed by atoms with Gasteiger partial charge in [0.1, 0.15) is 5.75 Å². The molecular weight excluding hydrogens is 396 g/mol. The van der Waals surface area contributed by atoms with E-state index in [0.717, 1.165) is 11.1 Å². The molecule has 1 fully saturated rings. The molecule has 0 spiro atoms. The highest BCUT2D eigenvalue weighted by Gasteiger charge is 2.27. The Bertz CT molecular complexity index is 892. The van der Waals surface area contributed by atoms with Gasteiger partial charge < -0.3 is 19.7 Å². The van der Waals surface area contributed by atoms with E-state index in [2.05, 4.69) is 5.32 Å². The molecule has 7 heteroatoms. The molecule has 1 aliphatic heterocycles. The summed E-state index contributed by atoms with van der Waals surface area (Å²) >= 11 is 0. The number of carbonyl (C=O) groups excluding carboxylic acids is 3. The number of methoxy groups -OCH3 is 1. The van der Waals surface area contributed by atoms with E-state index < -0.39 is 0 Å². The van der Waals surface area contributed by atoms with Crippen LogP contribution in [0.1, 0.15) is 24.0 Å². The zero-order valence-electron chi connectivity index (χ0n) is 17.7. The monoisotopic (exact) mass is 424 g/mol. The Hall–Kier alpha value is -3.35. The maximum absolute atomic E-state index is 12.6. The van der Waals surface area contributed by atoms with Gasteiger partial charge in [-0.3, -0.25) is 14.4 Å². The highest BCUT2D eigenvalue weighted by Crippen LogP contribution is 2.19. The van der Waals surface area contributed by atoms with Gasteiger partial charge in [-0.1, -0.05) is 42.5 Å². The maximum atomic E-state index is 12.6. The number of nitrogens with zero attached hydrogens (tertiary/aromatic N) is 1. The first-order valence-corrected chi connectivity index (χ1v) is 10.4. The summed E-state index contributed by atoms with van der Waals surface area (Å²) in [5.74, 6) is 0.122. The lowest BCUT2D eigenvalue weighted by Crippen LogP contribution is -2.44. The number of rotatable bonds is 8. The van der Waals surface area contributed by atoms with Gasteiger partial charge in [0.2, 0.25) is 5.91 Å². The summed E-state index contributed by atoms with van der Waals surface area (Å²) in [5.41, 5.74) is 1.74. The second kappa shape index (κ2) is 11.2. The quantitative estimate of drug-likeness (QED) is 0.658. The summed E-state index contributed by atoms with van der Waals surface area (Å²) in [6, 6.07) is 16.7. The highest BCUT2D eigenvalue weighted by molar-refractivity contribution is 5.80. The first-order valence-electron chi connectivity index (χ1n) is 10.4. The molecule has 1 N–H and O–H groups in total. The van der Waals surface area contributed by atoms with Crippen molar-refractivity contribution in [3.8, 4) is 5.75 Å². The second-order valence-electron chi connectivity index (χ2n) is 7.50. The van der Waals surface area contributed by atoms with Gasteiger partial charge in [-0.2, -0.15) is 0 Å². The van der Waals surface area contributed by atoms with Crippen LogP contribution in [-0.2, 0) is 32.1 Å². The fourth-order valence-electron chi connectivity index (χ4n) is 3.60. The molecule has 1 heterocycles. The van der Waals surface area contributed by atoms with Crippen molar-refractivity contribution in [2.45, 2.75) is 25.8 Å². The molecule has 31 heavy (non-hydrogen) atoms. The van der Waals surface area contributed by atoms with Crippen molar-refractivity contribution >= 4 is 17.8 Å². The normalized spacial score (nSPS) is 14.0. The van der Waals surface area contributed by atoms with Gasteiger partial charge in [0.15, 0.2) is 6.61 Å². The Kier molecular flexibility index (Phi) is 8.04. The molecule has 0 aliphatic carbocycles. The van der Waals surface area contributed by atoms with E-state index in [-0.39, 0.29) is 36.7 Å². The molecule has 0 saturated carbocycles. The predicted octanol–water partition coefficient (Wildman–Crippen LogP) is 2.34. The molecule has 0 unspecified atom stereocenters. The lowest BCUT2D eigenvalue weighted by molar-refractivity contribution is -0.139. The minimum atomic E-state index is -0.313. The summed E-state index contributed by atoms with van der Waals surface area (Å²) < 4.78 is 10.3. The van der Waals surface area contributed by atoms with Gasteiger partial charge in [-0.15, -0.1) is 0 Å². The predicted molar refractivity (Wildman–Crippen MR) is 115 cm³/mol. The molecule has 2 aromatic carbocycles. The Labute approximate surface area is 182 Å². The number of esters is 1. The number of amides is 2. The second-order valence-corrected chi connectivity index (χ2v) is 7.50. The lowest BCUT2D eigenvalue weighted by atomic mass is 9.95. The smallest absolute Gasteiger partial charge is 0.309 e. The maximum Gasteiger partial charge on any atom is 0.309 e. The summed E-state index contributed by atoms with van der Waals surface area (Å²) in [6.45, 7) is 1.43. The molecule has 2 amide bonds. The van der Waals surface area contributed by atoms with Gasteiger partial charge in [-0.05, 0) is 36.1 Å². The zero-order chi connectivity index (χ0) is 22.1. The number of likely N-dealkylation sites (tertiary alicyclic amines) is 1. The van der Waals surface area contributed by atoms with E-state index in [1.807, 2.05) is 54.6 Å². The van der Waals surface area contributed by atoms with E-state index >= 15 is 0 Å². The van der Waals surface area contributed by atoms with E-state index in [4.69, 9.17) is 9.47 Å². The van der Waals surface area contributed by atoms with Crippen molar-refractivity contribution in [3.63, 3.8) is 0 Å². The number of piperidine rings is 1. The molecule has 0 bridgehead atoms. The minimum absolute atomic E-state index is 0.00213. The molecule has 3 rings (SSSR count). The average molecular weight is 424 g/mol. The van der Waals surface area contributed by atoms with Crippen LogP contribution in [-0.4, -0.2) is 49.5 Å². The molecule has 0 radical (unpaired) electrons. The Morgan fingerprint density at radius 2 is 1.61 bits per heavy atom. The van der Waals surface area contributed by atoms with Crippen LogP contribution < -0.4 is 10.1 Å². The van der Waals surface area contributed by atoms with Gasteiger partial charge in [-0.25, -0.2) is 0 Å². The van der Waals surface area contributed by atoms with Gasteiger partial charge in [0, 0.05) is 25.6 Å². The van der Waals surface area contributed by atoms with E-state index in [0.29, 0.717) is 38.2 Å². The molecule has 7 nitrogen and oxygen atoms in total. The Morgan fingerprint density at radius 1 is 0.968 bits per heavy atom. The first kappa shape index (κ1) is 22.3. The summed E-state index contributed by atoms with van der Waals surface area (Å²) in [6.07, 6.45) is 1.41. The molecule has 0 atom stereocenters. The number of hydrogen-bond acceptors (Lipinski definition) is 5. The molecule has 1 saturated heterocycles. The van der Waals surface area contributed by atoms with E-state index in [1.54, 1.807) is 4.90 Å². The van der Waals surface area contributed by atoms with Crippen molar-refractivity contribution in [1.82, 2.24) is 10.2 Å². The van der Waals surface area contributed by atoms with E-state index in [1.165, 1.54) is 7.11 Å². The van der Waals surface area contributed by atoms with Crippen molar-refractivity contribution in [2.75, 3.05) is 26.8 Å². The fraction of sp³-hybridized carbons (Fsp3) is 0.375. The minimum Gasteiger partial charge on any atom is -0.484 e. The zero-order valence-corrected chi connectivity index (χ0v) is 17.7. The lowest BCUT2D eigenvalue weighted by Gasteiger charge is -2.31. The van der Waals surface area contributed by atoms with Crippen LogP contribution in [0.4, 0.5) is 0 Å². The number of ether oxygens (including phenoxy) is 2. The Morgan fingerprint density at radius 3 is 2.29 bits per heavy atom. The Balaban J connectivity index is 1.43.